The smallest absolute Gasteiger partial charge is 0.379 e. The molecular weight excluding hydrogens is 477 g/mol. The molecule has 0 saturated carbocycles. The molecule has 0 atom stereocenters. The Morgan fingerprint density at radius 3 is 2.59 bits per heavy atom. The van der Waals surface area contributed by atoms with E-state index in [4.69, 9.17) is 13.9 Å². The Hall–Kier alpha value is -5.18. The third kappa shape index (κ3) is 4.96. The van der Waals surface area contributed by atoms with Crippen molar-refractivity contribution in [3.8, 4) is 22.6 Å². The molecule has 0 radical (unpaired) electrons. The quantitative estimate of drug-likeness (QED) is 0.133. The summed E-state index contributed by atoms with van der Waals surface area (Å²) in [5.74, 6) is -1.01. The first-order chi connectivity index (χ1) is 18.0. The van der Waals surface area contributed by atoms with Crippen molar-refractivity contribution in [2.45, 2.75) is 0 Å². The van der Waals surface area contributed by atoms with Crippen LogP contribution in [0.25, 0.3) is 22.0 Å². The van der Waals surface area contributed by atoms with Gasteiger partial charge in [-0.05, 0) is 59.7 Å². The molecule has 0 bridgehead atoms. The number of halogens is 1. The highest BCUT2D eigenvalue weighted by atomic mass is 19.1. The molecule has 2 aromatic heterocycles. The molecule has 0 spiro atoms. The van der Waals surface area contributed by atoms with Crippen LogP contribution in [0.4, 0.5) is 4.39 Å². The van der Waals surface area contributed by atoms with E-state index in [1.54, 1.807) is 30.3 Å². The van der Waals surface area contributed by atoms with Gasteiger partial charge in [0.2, 0.25) is 5.76 Å². The van der Waals surface area contributed by atoms with Gasteiger partial charge in [-0.15, -0.1) is 0 Å². The second kappa shape index (κ2) is 10.2. The predicted molar refractivity (Wildman–Crippen MR) is 135 cm³/mol. The second-order valence-corrected chi connectivity index (χ2v) is 7.91. The number of aromatic amines is 1. The van der Waals surface area contributed by atoms with Gasteiger partial charge in [-0.3, -0.25) is 4.79 Å². The van der Waals surface area contributed by atoms with Crippen LogP contribution in [0, 0.1) is 5.82 Å². The fourth-order valence-electron chi connectivity index (χ4n) is 3.85. The van der Waals surface area contributed by atoms with Gasteiger partial charge in [-0.1, -0.05) is 30.3 Å². The van der Waals surface area contributed by atoms with Gasteiger partial charge in [-0.25, -0.2) is 14.6 Å². The number of hydrogen-bond donors (Lipinski definition) is 2. The van der Waals surface area contributed by atoms with Crippen molar-refractivity contribution in [2.24, 2.45) is 5.10 Å². The van der Waals surface area contributed by atoms with Gasteiger partial charge in [0.1, 0.15) is 11.5 Å². The molecule has 2 N–H and O–H groups in total. The number of H-pyrrole nitrogens is 1. The van der Waals surface area contributed by atoms with E-state index in [1.165, 1.54) is 37.8 Å². The molecule has 2 heterocycles. The Balaban J connectivity index is 1.36. The molecule has 0 aliphatic rings. The molecule has 0 aliphatic heterocycles. The molecule has 0 aliphatic carbocycles. The van der Waals surface area contributed by atoms with Crippen molar-refractivity contribution in [3.63, 3.8) is 0 Å². The summed E-state index contributed by atoms with van der Waals surface area (Å²) in [6.07, 6.45) is 2.79. The molecule has 8 nitrogen and oxygen atoms in total. The number of carbonyl (C=O) groups excluding carboxylic acids is 2. The Morgan fingerprint density at radius 1 is 1.00 bits per heavy atom. The highest BCUT2D eigenvalue weighted by Gasteiger charge is 2.20. The lowest BCUT2D eigenvalue weighted by atomic mass is 10.0. The van der Waals surface area contributed by atoms with Crippen molar-refractivity contribution < 1.29 is 27.9 Å². The van der Waals surface area contributed by atoms with Gasteiger partial charge in [0.15, 0.2) is 11.5 Å². The van der Waals surface area contributed by atoms with Gasteiger partial charge >= 0.3 is 5.97 Å². The lowest BCUT2D eigenvalue weighted by Crippen LogP contribution is -2.18. The number of amides is 1. The number of esters is 1. The molecule has 37 heavy (non-hydrogen) atoms. The monoisotopic (exact) mass is 497 g/mol. The lowest BCUT2D eigenvalue weighted by Gasteiger charge is -2.09. The van der Waals surface area contributed by atoms with Gasteiger partial charge in [0.05, 0.1) is 19.6 Å². The minimum Gasteiger partial charge on any atom is -0.493 e. The summed E-state index contributed by atoms with van der Waals surface area (Å²) in [6, 6.07) is 21.4. The number of methoxy groups -OCH3 is 1. The Morgan fingerprint density at radius 2 is 1.84 bits per heavy atom. The fourth-order valence-corrected chi connectivity index (χ4v) is 3.85. The van der Waals surface area contributed by atoms with Crippen LogP contribution in [0.15, 0.2) is 94.6 Å². The minimum absolute atomic E-state index is 0.0602. The molecule has 184 valence electrons. The Kier molecular flexibility index (Phi) is 6.50. The summed E-state index contributed by atoms with van der Waals surface area (Å²) in [4.78, 5) is 28.3. The normalized spacial score (nSPS) is 11.1. The largest absolute Gasteiger partial charge is 0.493 e. The first kappa shape index (κ1) is 23.6. The summed E-state index contributed by atoms with van der Waals surface area (Å²) < 4.78 is 29.7. The van der Waals surface area contributed by atoms with Crippen LogP contribution in [0.2, 0.25) is 0 Å². The van der Waals surface area contributed by atoms with E-state index >= 15 is 0 Å². The average molecular weight is 497 g/mol. The standard InChI is InChI=1S/C28H20FN3O5/c1-35-24-14-17(9-12-22(24)37-28(34)23-8-5-13-36-23)16-30-32-27(33)26-25(18-6-3-2-4-7-18)20-15-19(29)10-11-21(20)31-26/h2-16,31H,1H3,(H,32,33). The van der Waals surface area contributed by atoms with Crippen molar-refractivity contribution in [1.82, 2.24) is 10.4 Å². The van der Waals surface area contributed by atoms with Crippen molar-refractivity contribution in [2.75, 3.05) is 7.11 Å². The first-order valence-electron chi connectivity index (χ1n) is 11.2. The zero-order chi connectivity index (χ0) is 25.8. The molecule has 5 aromatic rings. The maximum Gasteiger partial charge on any atom is 0.379 e. The van der Waals surface area contributed by atoms with Gasteiger partial charge in [0.25, 0.3) is 5.91 Å². The van der Waals surface area contributed by atoms with E-state index in [0.29, 0.717) is 27.8 Å². The van der Waals surface area contributed by atoms with Crippen LogP contribution in [0.5, 0.6) is 11.5 Å². The van der Waals surface area contributed by atoms with E-state index in [1.807, 2.05) is 30.3 Å². The van der Waals surface area contributed by atoms with Gasteiger partial charge in [-0.2, -0.15) is 5.10 Å². The number of nitrogens with one attached hydrogen (secondary N) is 2. The number of benzene rings is 3. The summed E-state index contributed by atoms with van der Waals surface area (Å²) in [6.45, 7) is 0. The summed E-state index contributed by atoms with van der Waals surface area (Å²) in [5, 5.41) is 4.64. The van der Waals surface area contributed by atoms with Crippen LogP contribution in [0.3, 0.4) is 0 Å². The van der Waals surface area contributed by atoms with E-state index in [2.05, 4.69) is 15.5 Å². The van der Waals surface area contributed by atoms with E-state index in [0.717, 1.165) is 5.56 Å². The zero-order valence-electron chi connectivity index (χ0n) is 19.5. The predicted octanol–water partition coefficient (Wildman–Crippen LogP) is 5.56. The second-order valence-electron chi connectivity index (χ2n) is 7.91. The first-order valence-corrected chi connectivity index (χ1v) is 11.2. The zero-order valence-corrected chi connectivity index (χ0v) is 19.5. The van der Waals surface area contributed by atoms with Crippen LogP contribution in [-0.4, -0.2) is 30.2 Å². The number of nitrogens with zero attached hydrogens (tertiary/aromatic N) is 1. The van der Waals surface area contributed by atoms with E-state index < -0.39 is 17.7 Å². The number of hydrazone groups is 1. The highest BCUT2D eigenvalue weighted by Crippen LogP contribution is 2.33. The molecule has 1 amide bonds. The third-order valence-corrected chi connectivity index (χ3v) is 5.54. The van der Waals surface area contributed by atoms with Crippen molar-refractivity contribution >= 4 is 29.0 Å². The van der Waals surface area contributed by atoms with Crippen LogP contribution < -0.4 is 14.9 Å². The Bertz CT molecular complexity index is 1610. The number of furan rings is 1. The van der Waals surface area contributed by atoms with E-state index in [-0.39, 0.29) is 17.2 Å². The fraction of sp³-hybridized carbons (Fsp3) is 0.0357. The minimum atomic E-state index is -0.663. The molecule has 9 heteroatoms. The number of ether oxygens (including phenoxy) is 2. The van der Waals surface area contributed by atoms with Gasteiger partial charge < -0.3 is 18.9 Å². The molecule has 0 unspecified atom stereocenters. The molecule has 0 fully saturated rings. The number of carbonyl (C=O) groups is 2. The molecule has 3 aromatic carbocycles. The molecule has 0 saturated heterocycles. The SMILES string of the molecule is COc1cc(C=NNC(=O)c2[nH]c3ccc(F)cc3c2-c2ccccc2)ccc1OC(=O)c1ccco1. The lowest BCUT2D eigenvalue weighted by molar-refractivity contribution is 0.0696. The number of rotatable bonds is 7. The summed E-state index contributed by atoms with van der Waals surface area (Å²) >= 11 is 0. The number of fused-ring (bicyclic) bond motifs is 1. The maximum absolute atomic E-state index is 14.0. The van der Waals surface area contributed by atoms with Crippen molar-refractivity contribution in [1.29, 1.82) is 0 Å². The Labute approximate surface area is 210 Å². The van der Waals surface area contributed by atoms with Gasteiger partial charge in [0, 0.05) is 16.5 Å². The molecule has 5 rings (SSSR count). The topological polar surface area (TPSA) is 106 Å². The molecular formula is C28H20FN3O5. The third-order valence-electron chi connectivity index (χ3n) is 5.54. The highest BCUT2D eigenvalue weighted by molar-refractivity contribution is 6.09. The summed E-state index contributed by atoms with van der Waals surface area (Å²) in [5.41, 5.74) is 5.30. The van der Waals surface area contributed by atoms with Crippen LogP contribution in [-0.2, 0) is 0 Å². The van der Waals surface area contributed by atoms with Crippen LogP contribution >= 0.6 is 0 Å². The number of aromatic nitrogens is 1. The van der Waals surface area contributed by atoms with Crippen molar-refractivity contribution in [3.05, 3.63) is 108 Å². The number of hydrogen-bond acceptors (Lipinski definition) is 6. The maximum atomic E-state index is 14.0. The van der Waals surface area contributed by atoms with E-state index in [9.17, 15) is 14.0 Å². The summed E-state index contributed by atoms with van der Waals surface area (Å²) in [7, 11) is 1.44. The average Bonchev–Trinajstić information content (AvgIpc) is 3.58. The van der Waals surface area contributed by atoms with Crippen LogP contribution in [0.1, 0.15) is 26.6 Å².